The van der Waals surface area contributed by atoms with Crippen LogP contribution in [0.1, 0.15) is 52.9 Å². The van der Waals surface area contributed by atoms with E-state index in [9.17, 15) is 0 Å². The average Bonchev–Trinajstić information content (AvgIpc) is 2.73. The molecule has 1 N–H and O–H groups in total. The molecule has 0 aromatic heterocycles. The molecule has 3 unspecified atom stereocenters. The van der Waals surface area contributed by atoms with E-state index in [0.717, 1.165) is 30.5 Å². The molecule has 0 amide bonds. The maximum Gasteiger partial charge on any atom is 0.0246 e. The molecule has 2 rings (SSSR count). The van der Waals surface area contributed by atoms with Gasteiger partial charge in [-0.15, -0.1) is 0 Å². The molecule has 0 radical (unpaired) electrons. The van der Waals surface area contributed by atoms with E-state index in [-0.39, 0.29) is 0 Å². The van der Waals surface area contributed by atoms with Gasteiger partial charge in [0, 0.05) is 18.6 Å². The van der Waals surface area contributed by atoms with Crippen molar-refractivity contribution in [3.05, 3.63) is 0 Å². The van der Waals surface area contributed by atoms with Crippen molar-refractivity contribution in [1.82, 2.24) is 10.2 Å². The normalized spacial score (nSPS) is 31.8. The zero-order valence-electron chi connectivity index (χ0n) is 11.9. The van der Waals surface area contributed by atoms with Gasteiger partial charge in [0.2, 0.25) is 0 Å². The molecular formula is C15H30N2. The molecule has 2 nitrogen and oxygen atoms in total. The fourth-order valence-corrected chi connectivity index (χ4v) is 3.88. The lowest BCUT2D eigenvalue weighted by Gasteiger charge is -2.39. The highest BCUT2D eigenvalue weighted by molar-refractivity contribution is 4.94. The molecule has 1 saturated carbocycles. The Hall–Kier alpha value is -0.0800. The first-order chi connectivity index (χ1) is 8.24. The van der Waals surface area contributed by atoms with Crippen molar-refractivity contribution in [3.8, 4) is 0 Å². The van der Waals surface area contributed by atoms with Gasteiger partial charge in [-0.05, 0) is 44.2 Å². The lowest BCUT2D eigenvalue weighted by molar-refractivity contribution is 0.103. The summed E-state index contributed by atoms with van der Waals surface area (Å²) in [5.41, 5.74) is 0. The van der Waals surface area contributed by atoms with Crippen LogP contribution in [0.5, 0.6) is 0 Å². The summed E-state index contributed by atoms with van der Waals surface area (Å²) in [5, 5.41) is 3.56. The molecule has 1 saturated heterocycles. The number of hydrogen-bond donors (Lipinski definition) is 1. The predicted molar refractivity (Wildman–Crippen MR) is 74.2 cm³/mol. The van der Waals surface area contributed by atoms with Crippen molar-refractivity contribution in [2.24, 2.45) is 11.8 Å². The zero-order valence-corrected chi connectivity index (χ0v) is 11.9. The van der Waals surface area contributed by atoms with Gasteiger partial charge in [-0.3, -0.25) is 4.90 Å². The van der Waals surface area contributed by atoms with E-state index in [1.165, 1.54) is 45.2 Å². The van der Waals surface area contributed by atoms with Gasteiger partial charge in [0.25, 0.3) is 0 Å². The maximum atomic E-state index is 3.56. The van der Waals surface area contributed by atoms with Crippen LogP contribution in [0.25, 0.3) is 0 Å². The Morgan fingerprint density at radius 2 is 1.94 bits per heavy atom. The van der Waals surface area contributed by atoms with Crippen LogP contribution in [0.4, 0.5) is 0 Å². The fourth-order valence-electron chi connectivity index (χ4n) is 3.88. The van der Waals surface area contributed by atoms with Gasteiger partial charge in [-0.25, -0.2) is 0 Å². The third kappa shape index (κ3) is 3.03. The first-order valence-electron chi connectivity index (χ1n) is 7.70. The SMILES string of the molecule is CCNCC(C(C)C)N1CCC2CCCCC21. The third-order valence-electron chi connectivity index (χ3n) is 4.85. The quantitative estimate of drug-likeness (QED) is 0.792. The second-order valence-electron chi connectivity index (χ2n) is 6.26. The Labute approximate surface area is 107 Å². The zero-order chi connectivity index (χ0) is 12.3. The van der Waals surface area contributed by atoms with Crippen LogP contribution >= 0.6 is 0 Å². The molecule has 0 bridgehead atoms. The summed E-state index contributed by atoms with van der Waals surface area (Å²) in [6, 6.07) is 1.66. The van der Waals surface area contributed by atoms with E-state index < -0.39 is 0 Å². The lowest BCUT2D eigenvalue weighted by Crippen LogP contribution is -2.49. The molecule has 1 aliphatic carbocycles. The lowest BCUT2D eigenvalue weighted by atomic mass is 9.84. The van der Waals surface area contributed by atoms with E-state index in [0.29, 0.717) is 0 Å². The van der Waals surface area contributed by atoms with Crippen molar-refractivity contribution in [2.75, 3.05) is 19.6 Å². The van der Waals surface area contributed by atoms with Gasteiger partial charge >= 0.3 is 0 Å². The minimum Gasteiger partial charge on any atom is -0.315 e. The summed E-state index contributed by atoms with van der Waals surface area (Å²) >= 11 is 0. The van der Waals surface area contributed by atoms with Crippen molar-refractivity contribution in [1.29, 1.82) is 0 Å². The maximum absolute atomic E-state index is 3.56. The molecule has 2 aliphatic rings. The van der Waals surface area contributed by atoms with Crippen molar-refractivity contribution in [3.63, 3.8) is 0 Å². The van der Waals surface area contributed by atoms with Crippen LogP contribution < -0.4 is 5.32 Å². The Kier molecular flexibility index (Phi) is 4.87. The van der Waals surface area contributed by atoms with E-state index in [1.807, 2.05) is 0 Å². The number of likely N-dealkylation sites (tertiary alicyclic amines) is 1. The molecule has 3 atom stereocenters. The topological polar surface area (TPSA) is 15.3 Å². The molecule has 1 heterocycles. The highest BCUT2D eigenvalue weighted by Crippen LogP contribution is 2.38. The van der Waals surface area contributed by atoms with Crippen LogP contribution in [-0.2, 0) is 0 Å². The fraction of sp³-hybridized carbons (Fsp3) is 1.00. The largest absolute Gasteiger partial charge is 0.315 e. The molecule has 0 aromatic rings. The van der Waals surface area contributed by atoms with Crippen molar-refractivity contribution < 1.29 is 0 Å². The molecule has 17 heavy (non-hydrogen) atoms. The highest BCUT2D eigenvalue weighted by Gasteiger charge is 2.39. The summed E-state index contributed by atoms with van der Waals surface area (Å²) in [5.74, 6) is 1.79. The van der Waals surface area contributed by atoms with Crippen LogP contribution in [0.2, 0.25) is 0 Å². The van der Waals surface area contributed by atoms with Crippen molar-refractivity contribution in [2.45, 2.75) is 65.0 Å². The standard InChI is InChI=1S/C15H30N2/c1-4-16-11-15(12(2)3)17-10-9-13-7-5-6-8-14(13)17/h12-16H,4-11H2,1-3H3. The summed E-state index contributed by atoms with van der Waals surface area (Å²) in [4.78, 5) is 2.84. The van der Waals surface area contributed by atoms with Crippen LogP contribution in [-0.4, -0.2) is 36.6 Å². The van der Waals surface area contributed by atoms with Crippen LogP contribution in [0.15, 0.2) is 0 Å². The molecule has 2 fully saturated rings. The Bertz CT molecular complexity index is 227. The second kappa shape index (κ2) is 6.19. The minimum atomic E-state index is 0.753. The van der Waals surface area contributed by atoms with Crippen LogP contribution in [0.3, 0.4) is 0 Å². The number of hydrogen-bond acceptors (Lipinski definition) is 2. The summed E-state index contributed by atoms with van der Waals surface area (Å²) in [6.07, 6.45) is 7.35. The molecule has 1 aliphatic heterocycles. The van der Waals surface area contributed by atoms with Crippen LogP contribution in [0, 0.1) is 11.8 Å². The van der Waals surface area contributed by atoms with E-state index in [1.54, 1.807) is 0 Å². The third-order valence-corrected chi connectivity index (χ3v) is 4.85. The van der Waals surface area contributed by atoms with Gasteiger partial charge in [-0.1, -0.05) is 33.6 Å². The summed E-state index contributed by atoms with van der Waals surface area (Å²) in [7, 11) is 0. The Morgan fingerprint density at radius 3 is 2.65 bits per heavy atom. The van der Waals surface area contributed by atoms with E-state index >= 15 is 0 Å². The molecule has 100 valence electrons. The minimum absolute atomic E-state index is 0.753. The molecule has 0 spiro atoms. The Balaban J connectivity index is 1.97. The number of rotatable bonds is 5. The van der Waals surface area contributed by atoms with Gasteiger partial charge in [0.1, 0.15) is 0 Å². The Morgan fingerprint density at radius 1 is 1.18 bits per heavy atom. The highest BCUT2D eigenvalue weighted by atomic mass is 15.2. The first-order valence-corrected chi connectivity index (χ1v) is 7.70. The number of nitrogens with one attached hydrogen (secondary N) is 1. The van der Waals surface area contributed by atoms with Gasteiger partial charge in [0.05, 0.1) is 0 Å². The van der Waals surface area contributed by atoms with Gasteiger partial charge in [0.15, 0.2) is 0 Å². The van der Waals surface area contributed by atoms with Crippen molar-refractivity contribution >= 4 is 0 Å². The molecular weight excluding hydrogens is 208 g/mol. The smallest absolute Gasteiger partial charge is 0.0246 e. The number of likely N-dealkylation sites (N-methyl/N-ethyl adjacent to an activating group) is 1. The van der Waals surface area contributed by atoms with Gasteiger partial charge < -0.3 is 5.32 Å². The molecule has 0 aromatic carbocycles. The average molecular weight is 238 g/mol. The number of fused-ring (bicyclic) bond motifs is 1. The number of nitrogens with zero attached hydrogens (tertiary/aromatic N) is 1. The monoisotopic (exact) mass is 238 g/mol. The van der Waals surface area contributed by atoms with E-state index in [2.05, 4.69) is 31.0 Å². The van der Waals surface area contributed by atoms with E-state index in [4.69, 9.17) is 0 Å². The predicted octanol–water partition coefficient (Wildman–Crippen LogP) is 2.89. The molecule has 2 heteroatoms. The summed E-state index contributed by atoms with van der Waals surface area (Å²) in [6.45, 7) is 10.6. The van der Waals surface area contributed by atoms with Gasteiger partial charge in [-0.2, -0.15) is 0 Å². The first kappa shape index (κ1) is 13.4. The second-order valence-corrected chi connectivity index (χ2v) is 6.26. The summed E-state index contributed by atoms with van der Waals surface area (Å²) < 4.78 is 0.